The quantitative estimate of drug-likeness (QED) is 0.753. The fraction of sp³-hybridized carbons (Fsp3) is 0.500. The Balaban J connectivity index is 1.91. The molecule has 1 saturated heterocycles. The number of anilines is 1. The maximum absolute atomic E-state index is 11.8. The average Bonchev–Trinajstić information content (AvgIpc) is 2.27. The van der Waals surface area contributed by atoms with E-state index in [1.807, 2.05) is 0 Å². The molecule has 2 rings (SSSR count). The first-order valence-electron chi connectivity index (χ1n) is 5.67. The molecule has 0 saturated carbocycles. The van der Waals surface area contributed by atoms with Crippen LogP contribution in [0.1, 0.15) is 6.42 Å². The number of nitrogens with zero attached hydrogens (tertiary/aromatic N) is 2. The number of nitrogens with one attached hydrogen (secondary N) is 2. The molecule has 1 aromatic heterocycles. The topological polar surface area (TPSA) is 101 Å². The van der Waals surface area contributed by atoms with Gasteiger partial charge in [-0.3, -0.25) is 4.79 Å². The van der Waals surface area contributed by atoms with Gasteiger partial charge in [0.05, 0.1) is 11.5 Å². The average molecular weight is 305 g/mol. The van der Waals surface area contributed by atoms with Crippen molar-refractivity contribution in [3.63, 3.8) is 0 Å². The molecule has 9 heteroatoms. The lowest BCUT2D eigenvalue weighted by atomic mass is 10.2. The highest BCUT2D eigenvalue weighted by molar-refractivity contribution is 7.91. The van der Waals surface area contributed by atoms with Gasteiger partial charge in [0.25, 0.3) is 0 Å². The summed E-state index contributed by atoms with van der Waals surface area (Å²) >= 11 is 5.59. The first-order chi connectivity index (χ1) is 8.94. The van der Waals surface area contributed by atoms with Crippen molar-refractivity contribution in [2.24, 2.45) is 0 Å². The van der Waals surface area contributed by atoms with Gasteiger partial charge in [0, 0.05) is 25.2 Å². The second kappa shape index (κ2) is 5.81. The van der Waals surface area contributed by atoms with E-state index in [2.05, 4.69) is 20.6 Å². The monoisotopic (exact) mass is 304 g/mol. The normalized spacial score (nSPS) is 21.8. The van der Waals surface area contributed by atoms with E-state index >= 15 is 0 Å². The van der Waals surface area contributed by atoms with E-state index in [9.17, 15) is 13.2 Å². The van der Waals surface area contributed by atoms with Crippen LogP contribution in [0.15, 0.2) is 12.3 Å². The third-order valence-corrected chi connectivity index (χ3v) is 4.55. The van der Waals surface area contributed by atoms with E-state index in [1.165, 1.54) is 12.3 Å². The smallest absolute Gasteiger partial charge is 0.227 e. The minimum Gasteiger partial charge on any atom is -0.311 e. The molecule has 7 nitrogen and oxygen atoms in total. The minimum atomic E-state index is -3.05. The molecule has 0 spiro atoms. The predicted octanol–water partition coefficient (Wildman–Crippen LogP) is -0.155. The van der Waals surface area contributed by atoms with Crippen LogP contribution in [0, 0.1) is 0 Å². The third kappa shape index (κ3) is 4.41. The lowest BCUT2D eigenvalue weighted by Gasteiger charge is -2.22. The Morgan fingerprint density at radius 1 is 1.58 bits per heavy atom. The van der Waals surface area contributed by atoms with E-state index in [-0.39, 0.29) is 35.2 Å². The molecule has 2 N–H and O–H groups in total. The molecule has 0 aliphatic carbocycles. The molecule has 1 amide bonds. The van der Waals surface area contributed by atoms with E-state index in [0.717, 1.165) is 0 Å². The van der Waals surface area contributed by atoms with Gasteiger partial charge in [0.15, 0.2) is 9.84 Å². The van der Waals surface area contributed by atoms with Crippen molar-refractivity contribution in [1.82, 2.24) is 15.3 Å². The summed E-state index contributed by atoms with van der Waals surface area (Å²) < 4.78 is 22.9. The minimum absolute atomic E-state index is 0.0229. The maximum atomic E-state index is 11.8. The van der Waals surface area contributed by atoms with Crippen molar-refractivity contribution >= 4 is 33.2 Å². The molecule has 19 heavy (non-hydrogen) atoms. The van der Waals surface area contributed by atoms with Gasteiger partial charge in [-0.15, -0.1) is 0 Å². The predicted molar refractivity (Wildman–Crippen MR) is 70.7 cm³/mol. The van der Waals surface area contributed by atoms with Crippen molar-refractivity contribution in [2.45, 2.75) is 12.5 Å². The van der Waals surface area contributed by atoms with Crippen LogP contribution < -0.4 is 10.6 Å². The first-order valence-corrected chi connectivity index (χ1v) is 7.87. The Morgan fingerprint density at radius 3 is 3.05 bits per heavy atom. The highest BCUT2D eigenvalue weighted by atomic mass is 35.5. The summed E-state index contributed by atoms with van der Waals surface area (Å²) in [4.78, 5) is 19.3. The van der Waals surface area contributed by atoms with E-state index in [0.29, 0.717) is 12.4 Å². The Morgan fingerprint density at radius 2 is 2.37 bits per heavy atom. The number of carbonyl (C=O) groups excluding carboxylic acids is 1. The van der Waals surface area contributed by atoms with E-state index in [1.54, 1.807) is 0 Å². The van der Waals surface area contributed by atoms with Crippen LogP contribution >= 0.6 is 11.6 Å². The van der Waals surface area contributed by atoms with Crippen molar-refractivity contribution < 1.29 is 13.2 Å². The molecule has 1 aromatic rings. The lowest BCUT2D eigenvalue weighted by Crippen LogP contribution is -2.46. The number of halogens is 1. The number of carbonyl (C=O) groups is 1. The number of amides is 1. The Hall–Kier alpha value is -1.25. The highest BCUT2D eigenvalue weighted by Gasteiger charge is 2.26. The Bertz CT molecular complexity index is 578. The summed E-state index contributed by atoms with van der Waals surface area (Å²) in [6, 6.07) is 1.14. The van der Waals surface area contributed by atoms with Gasteiger partial charge in [-0.1, -0.05) is 0 Å². The van der Waals surface area contributed by atoms with Crippen LogP contribution in [-0.4, -0.2) is 48.4 Å². The lowest BCUT2D eigenvalue weighted by molar-refractivity contribution is -0.116. The molecule has 2 heterocycles. The summed E-state index contributed by atoms with van der Waals surface area (Å²) in [6.07, 6.45) is 1.50. The summed E-state index contributed by atoms with van der Waals surface area (Å²) in [5.41, 5.74) is 0. The fourth-order valence-corrected chi connectivity index (χ4v) is 3.41. The molecular weight excluding hydrogens is 292 g/mol. The number of rotatable bonds is 3. The zero-order valence-corrected chi connectivity index (χ0v) is 11.5. The molecule has 0 radical (unpaired) electrons. The molecular formula is C10H13ClN4O3S. The van der Waals surface area contributed by atoms with Gasteiger partial charge < -0.3 is 10.6 Å². The van der Waals surface area contributed by atoms with Crippen LogP contribution in [0.4, 0.5) is 5.82 Å². The van der Waals surface area contributed by atoms with Crippen LogP contribution in [0.5, 0.6) is 0 Å². The molecule has 1 atom stereocenters. The van der Waals surface area contributed by atoms with Crippen molar-refractivity contribution in [1.29, 1.82) is 0 Å². The summed E-state index contributed by atoms with van der Waals surface area (Å²) in [6.45, 7) is 0.375. The van der Waals surface area contributed by atoms with Crippen LogP contribution in [0.3, 0.4) is 0 Å². The first kappa shape index (κ1) is 14.2. The number of hydrogen-bond donors (Lipinski definition) is 2. The third-order valence-electron chi connectivity index (χ3n) is 2.63. The Kier molecular flexibility index (Phi) is 4.33. The molecule has 104 valence electrons. The van der Waals surface area contributed by atoms with Gasteiger partial charge in [0.2, 0.25) is 11.2 Å². The number of aromatic nitrogens is 2. The zero-order chi connectivity index (χ0) is 13.9. The number of sulfone groups is 1. The second-order valence-corrected chi connectivity index (χ2v) is 6.80. The van der Waals surface area contributed by atoms with Gasteiger partial charge in [-0.25, -0.2) is 18.4 Å². The summed E-state index contributed by atoms with van der Waals surface area (Å²) in [5.74, 6) is 0.0745. The highest BCUT2D eigenvalue weighted by Crippen LogP contribution is 2.09. The molecule has 0 aromatic carbocycles. The van der Waals surface area contributed by atoms with Gasteiger partial charge in [0.1, 0.15) is 5.82 Å². The SMILES string of the molecule is O=C(CC1CS(=O)(=O)CCN1)Nc1ccnc(Cl)n1. The van der Waals surface area contributed by atoms with Crippen LogP contribution in [-0.2, 0) is 14.6 Å². The van der Waals surface area contributed by atoms with E-state index < -0.39 is 9.84 Å². The van der Waals surface area contributed by atoms with Gasteiger partial charge in [-0.2, -0.15) is 0 Å². The molecule has 0 bridgehead atoms. The van der Waals surface area contributed by atoms with Crippen LogP contribution in [0.25, 0.3) is 0 Å². The standard InChI is InChI=1S/C10H13ClN4O3S/c11-10-13-2-1-8(15-10)14-9(16)5-7-6-19(17,18)4-3-12-7/h1-2,7,12H,3-6H2,(H,13,14,15,16). The van der Waals surface area contributed by atoms with Gasteiger partial charge in [-0.05, 0) is 17.7 Å². The summed E-state index contributed by atoms with van der Waals surface area (Å²) in [7, 11) is -3.05. The largest absolute Gasteiger partial charge is 0.311 e. The molecule has 1 fully saturated rings. The molecule has 1 aliphatic rings. The summed E-state index contributed by atoms with van der Waals surface area (Å²) in [5, 5.41) is 5.59. The van der Waals surface area contributed by atoms with Gasteiger partial charge >= 0.3 is 0 Å². The number of hydrogen-bond acceptors (Lipinski definition) is 6. The van der Waals surface area contributed by atoms with Crippen molar-refractivity contribution in [3.8, 4) is 0 Å². The Labute approximate surface area is 115 Å². The van der Waals surface area contributed by atoms with Crippen molar-refractivity contribution in [2.75, 3.05) is 23.4 Å². The zero-order valence-electron chi connectivity index (χ0n) is 9.97. The van der Waals surface area contributed by atoms with E-state index in [4.69, 9.17) is 11.6 Å². The molecule has 1 unspecified atom stereocenters. The molecule has 1 aliphatic heterocycles. The second-order valence-electron chi connectivity index (χ2n) is 4.23. The van der Waals surface area contributed by atoms with Crippen LogP contribution in [0.2, 0.25) is 5.28 Å². The maximum Gasteiger partial charge on any atom is 0.227 e. The van der Waals surface area contributed by atoms with Crippen molar-refractivity contribution in [3.05, 3.63) is 17.5 Å². The fourth-order valence-electron chi connectivity index (χ4n) is 1.82.